The normalized spacial score (nSPS) is 26.9. The van der Waals surface area contributed by atoms with Crippen molar-refractivity contribution in [3.8, 4) is 0 Å². The van der Waals surface area contributed by atoms with Gasteiger partial charge in [-0.05, 0) is 25.3 Å². The predicted molar refractivity (Wildman–Crippen MR) is 63.9 cm³/mol. The molecule has 1 aliphatic rings. The Labute approximate surface area is 98.0 Å². The van der Waals surface area contributed by atoms with Crippen molar-refractivity contribution in [1.82, 2.24) is 10.0 Å². The van der Waals surface area contributed by atoms with E-state index in [0.29, 0.717) is 12.5 Å². The van der Waals surface area contributed by atoms with Gasteiger partial charge in [0, 0.05) is 19.7 Å². The lowest BCUT2D eigenvalue weighted by molar-refractivity contribution is 0.216. The van der Waals surface area contributed by atoms with Gasteiger partial charge in [0.2, 0.25) is 10.0 Å². The molecule has 1 saturated heterocycles. The average molecular weight is 250 g/mol. The second kappa shape index (κ2) is 6.54. The van der Waals surface area contributed by atoms with E-state index in [1.54, 1.807) is 0 Å². The molecule has 1 rings (SSSR count). The molecule has 2 atom stereocenters. The topological polar surface area (TPSA) is 67.4 Å². The van der Waals surface area contributed by atoms with Crippen molar-refractivity contribution in [2.45, 2.75) is 25.8 Å². The number of hydrogen-bond acceptors (Lipinski definition) is 4. The Morgan fingerprint density at radius 1 is 1.50 bits per heavy atom. The van der Waals surface area contributed by atoms with E-state index >= 15 is 0 Å². The van der Waals surface area contributed by atoms with Gasteiger partial charge in [0.15, 0.2) is 0 Å². The molecule has 1 heterocycles. The van der Waals surface area contributed by atoms with E-state index in [2.05, 4.69) is 17.0 Å². The minimum atomic E-state index is -3.18. The summed E-state index contributed by atoms with van der Waals surface area (Å²) < 4.78 is 30.4. The molecule has 0 aromatic heterocycles. The zero-order valence-corrected chi connectivity index (χ0v) is 10.8. The number of nitrogens with one attached hydrogen (secondary N) is 2. The molecule has 0 aromatic rings. The van der Waals surface area contributed by atoms with Crippen LogP contribution in [0.4, 0.5) is 0 Å². The largest absolute Gasteiger partial charge is 0.384 e. The zero-order valence-electron chi connectivity index (χ0n) is 10.0. The number of hydrogen-bond donors (Lipinski definition) is 2. The van der Waals surface area contributed by atoms with E-state index in [9.17, 15) is 8.42 Å². The van der Waals surface area contributed by atoms with Gasteiger partial charge >= 0.3 is 0 Å². The molecule has 1 fully saturated rings. The van der Waals surface area contributed by atoms with E-state index in [-0.39, 0.29) is 18.4 Å². The van der Waals surface area contributed by atoms with Crippen LogP contribution >= 0.6 is 0 Å². The number of sulfonamides is 1. The highest BCUT2D eigenvalue weighted by molar-refractivity contribution is 7.89. The molecule has 2 unspecified atom stereocenters. The van der Waals surface area contributed by atoms with E-state index < -0.39 is 10.0 Å². The van der Waals surface area contributed by atoms with Crippen LogP contribution in [0.1, 0.15) is 19.8 Å². The summed E-state index contributed by atoms with van der Waals surface area (Å²) in [6, 6.07) is 0.256. The molecule has 6 heteroatoms. The van der Waals surface area contributed by atoms with Gasteiger partial charge in [0.1, 0.15) is 0 Å². The summed E-state index contributed by atoms with van der Waals surface area (Å²) in [6.45, 7) is 3.85. The van der Waals surface area contributed by atoms with Crippen molar-refractivity contribution in [3.63, 3.8) is 0 Å². The Hall–Kier alpha value is -0.170. The fraction of sp³-hybridized carbons (Fsp3) is 1.00. The molecule has 0 aromatic carbocycles. The van der Waals surface area contributed by atoms with Crippen molar-refractivity contribution >= 4 is 10.0 Å². The second-order valence-corrected chi connectivity index (χ2v) is 6.27. The van der Waals surface area contributed by atoms with Gasteiger partial charge in [0.05, 0.1) is 12.4 Å². The van der Waals surface area contributed by atoms with Gasteiger partial charge < -0.3 is 10.1 Å². The Balaban J connectivity index is 2.32. The van der Waals surface area contributed by atoms with Gasteiger partial charge in [-0.3, -0.25) is 0 Å². The highest BCUT2D eigenvalue weighted by Gasteiger charge is 2.22. The predicted octanol–water partition coefficient (Wildman–Crippen LogP) is -0.0597. The molecule has 0 amide bonds. The summed E-state index contributed by atoms with van der Waals surface area (Å²) in [5.74, 6) is 0.559. The lowest BCUT2D eigenvalue weighted by Crippen LogP contribution is -2.48. The van der Waals surface area contributed by atoms with Gasteiger partial charge in [0.25, 0.3) is 0 Å². The van der Waals surface area contributed by atoms with E-state index in [1.165, 1.54) is 13.5 Å². The minimum absolute atomic E-state index is 0.0323. The van der Waals surface area contributed by atoms with Crippen molar-refractivity contribution in [2.75, 3.05) is 32.6 Å². The number of methoxy groups -OCH3 is 1. The van der Waals surface area contributed by atoms with Gasteiger partial charge in [-0.15, -0.1) is 0 Å². The zero-order chi connectivity index (χ0) is 12.0. The Bertz CT molecular complexity index is 292. The fourth-order valence-electron chi connectivity index (χ4n) is 1.87. The van der Waals surface area contributed by atoms with Crippen LogP contribution in [-0.2, 0) is 14.8 Å². The van der Waals surface area contributed by atoms with E-state index in [4.69, 9.17) is 4.74 Å². The molecule has 16 heavy (non-hydrogen) atoms. The molecule has 0 aliphatic carbocycles. The summed E-state index contributed by atoms with van der Waals surface area (Å²) in [4.78, 5) is 0. The van der Waals surface area contributed by atoms with Crippen LogP contribution in [0.5, 0.6) is 0 Å². The molecule has 0 spiro atoms. The molecule has 0 radical (unpaired) electrons. The summed E-state index contributed by atoms with van der Waals surface area (Å²) in [7, 11) is -1.68. The van der Waals surface area contributed by atoms with Crippen LogP contribution < -0.4 is 10.0 Å². The number of rotatable bonds is 6. The third-order valence-electron chi connectivity index (χ3n) is 3.01. The van der Waals surface area contributed by atoms with Gasteiger partial charge in [-0.25, -0.2) is 13.1 Å². The summed E-state index contributed by atoms with van der Waals surface area (Å²) in [5.41, 5.74) is 0. The van der Waals surface area contributed by atoms with E-state index in [1.807, 2.05) is 0 Å². The van der Waals surface area contributed by atoms with Crippen LogP contribution in [0, 0.1) is 5.92 Å². The first kappa shape index (κ1) is 13.9. The average Bonchev–Trinajstić information content (AvgIpc) is 2.26. The molecule has 96 valence electrons. The Kier molecular flexibility index (Phi) is 5.68. The van der Waals surface area contributed by atoms with Crippen molar-refractivity contribution in [2.24, 2.45) is 5.92 Å². The summed E-state index contributed by atoms with van der Waals surface area (Å²) >= 11 is 0. The first-order chi connectivity index (χ1) is 7.55. The van der Waals surface area contributed by atoms with Crippen LogP contribution in [0.2, 0.25) is 0 Å². The van der Waals surface area contributed by atoms with Gasteiger partial charge in [-0.2, -0.15) is 0 Å². The monoisotopic (exact) mass is 250 g/mol. The maximum absolute atomic E-state index is 11.5. The fourth-order valence-corrected chi connectivity index (χ4v) is 2.83. The highest BCUT2D eigenvalue weighted by Crippen LogP contribution is 2.14. The minimum Gasteiger partial charge on any atom is -0.384 e. The molecular formula is C10H22N2O3S. The summed E-state index contributed by atoms with van der Waals surface area (Å²) in [6.07, 6.45) is 2.34. The van der Waals surface area contributed by atoms with Crippen LogP contribution in [0.25, 0.3) is 0 Å². The third-order valence-corrected chi connectivity index (χ3v) is 4.32. The first-order valence-electron chi connectivity index (χ1n) is 5.75. The second-order valence-electron chi connectivity index (χ2n) is 4.34. The van der Waals surface area contributed by atoms with Crippen LogP contribution in [0.15, 0.2) is 0 Å². The third kappa shape index (κ3) is 4.78. The molecule has 2 N–H and O–H groups in total. The molecule has 5 nitrogen and oxygen atoms in total. The molecule has 0 saturated carbocycles. The molecule has 0 bridgehead atoms. The maximum Gasteiger partial charge on any atom is 0.213 e. The Morgan fingerprint density at radius 3 is 2.88 bits per heavy atom. The molecular weight excluding hydrogens is 228 g/mol. The first-order valence-corrected chi connectivity index (χ1v) is 7.40. The summed E-state index contributed by atoms with van der Waals surface area (Å²) in [5, 5.41) is 3.34. The quantitative estimate of drug-likeness (QED) is 0.693. The SMILES string of the molecule is COCCS(=O)(=O)NCC1NCCCC1C. The maximum atomic E-state index is 11.5. The lowest BCUT2D eigenvalue weighted by atomic mass is 9.93. The standard InChI is InChI=1S/C10H22N2O3S/c1-9-4-3-5-11-10(9)8-12-16(13,14)7-6-15-2/h9-12H,3-8H2,1-2H3. The number of piperidine rings is 1. The number of ether oxygens (including phenoxy) is 1. The molecule has 1 aliphatic heterocycles. The lowest BCUT2D eigenvalue weighted by Gasteiger charge is -2.30. The van der Waals surface area contributed by atoms with E-state index in [0.717, 1.165) is 13.0 Å². The smallest absolute Gasteiger partial charge is 0.213 e. The Morgan fingerprint density at radius 2 is 2.25 bits per heavy atom. The van der Waals surface area contributed by atoms with Crippen molar-refractivity contribution in [3.05, 3.63) is 0 Å². The van der Waals surface area contributed by atoms with Crippen molar-refractivity contribution in [1.29, 1.82) is 0 Å². The van der Waals surface area contributed by atoms with Crippen LogP contribution in [0.3, 0.4) is 0 Å². The van der Waals surface area contributed by atoms with Crippen molar-refractivity contribution < 1.29 is 13.2 Å². The van der Waals surface area contributed by atoms with Gasteiger partial charge in [-0.1, -0.05) is 6.92 Å². The van der Waals surface area contributed by atoms with Crippen LogP contribution in [-0.4, -0.2) is 47.0 Å². The highest BCUT2D eigenvalue weighted by atomic mass is 32.2.